The van der Waals surface area contributed by atoms with Crippen molar-refractivity contribution in [3.8, 4) is 0 Å². The Balaban J connectivity index is 1.62. The van der Waals surface area contributed by atoms with Crippen molar-refractivity contribution in [3.63, 3.8) is 0 Å². The predicted octanol–water partition coefficient (Wildman–Crippen LogP) is 4.07. The van der Waals surface area contributed by atoms with Crippen molar-refractivity contribution in [3.05, 3.63) is 29.3 Å². The maximum atomic E-state index is 12.4. The molecule has 8 heteroatoms. The first-order chi connectivity index (χ1) is 11.6. The summed E-state index contributed by atoms with van der Waals surface area (Å²) in [7, 11) is 0. The number of aromatic nitrogens is 2. The molecule has 5 nitrogen and oxygen atoms in total. The number of carbonyl (C=O) groups excluding carboxylic acids is 2. The van der Waals surface area contributed by atoms with Gasteiger partial charge in [0, 0.05) is 17.0 Å². The Kier molecular flexibility index (Phi) is 5.57. The first-order valence-corrected chi connectivity index (χ1v) is 10.4. The molecule has 1 aromatic heterocycles. The van der Waals surface area contributed by atoms with Gasteiger partial charge in [0.05, 0.1) is 11.7 Å². The van der Waals surface area contributed by atoms with Gasteiger partial charge in [-0.05, 0) is 37.1 Å². The molecule has 0 radical (unpaired) electrons. The number of Topliss-reactive ketones (excluding diaryl/α,β-unsaturated/α-hetero) is 1. The first-order valence-electron chi connectivity index (χ1n) is 7.65. The largest absolute Gasteiger partial charge is 0.325 e. The first kappa shape index (κ1) is 17.4. The van der Waals surface area contributed by atoms with Crippen LogP contribution in [0.15, 0.2) is 26.9 Å². The molecular weight excluding hydrogens is 362 g/mol. The molecule has 126 valence electrons. The fraction of sp³-hybridized carbons (Fsp3) is 0.375. The molecule has 0 saturated carbocycles. The number of anilines is 1. The number of nitrogens with one attached hydrogen (secondary N) is 1. The highest BCUT2D eigenvalue weighted by Crippen LogP contribution is 2.33. The molecule has 1 aromatic carbocycles. The van der Waals surface area contributed by atoms with Crippen molar-refractivity contribution in [1.82, 2.24) is 10.2 Å². The van der Waals surface area contributed by atoms with Crippen LogP contribution in [0.25, 0.3) is 0 Å². The minimum atomic E-state index is -0.207. The lowest BCUT2D eigenvalue weighted by atomic mass is 9.99. The van der Waals surface area contributed by atoms with Gasteiger partial charge in [0.15, 0.2) is 14.5 Å². The summed E-state index contributed by atoms with van der Waals surface area (Å²) >= 11 is 4.63. The Hall–Kier alpha value is -1.38. The van der Waals surface area contributed by atoms with Gasteiger partial charge in [0.2, 0.25) is 5.91 Å². The van der Waals surface area contributed by atoms with Crippen LogP contribution in [0, 0.1) is 0 Å². The fourth-order valence-electron chi connectivity index (χ4n) is 2.30. The number of benzene rings is 1. The summed E-state index contributed by atoms with van der Waals surface area (Å²) in [6.07, 6.45) is 1.10. The van der Waals surface area contributed by atoms with Crippen molar-refractivity contribution >= 4 is 52.2 Å². The molecule has 0 unspecified atom stereocenters. The Labute approximate surface area is 153 Å². The third-order valence-electron chi connectivity index (χ3n) is 3.64. The van der Waals surface area contributed by atoms with Crippen LogP contribution in [0.3, 0.4) is 0 Å². The highest BCUT2D eigenvalue weighted by Gasteiger charge is 2.27. The van der Waals surface area contributed by atoms with Crippen LogP contribution in [-0.4, -0.2) is 33.4 Å². The van der Waals surface area contributed by atoms with Crippen LogP contribution in [0.1, 0.15) is 42.1 Å². The molecule has 0 fully saturated rings. The van der Waals surface area contributed by atoms with Gasteiger partial charge < -0.3 is 5.32 Å². The maximum absolute atomic E-state index is 12.4. The van der Waals surface area contributed by atoms with E-state index < -0.39 is 0 Å². The van der Waals surface area contributed by atoms with Crippen molar-refractivity contribution in [2.45, 2.75) is 34.9 Å². The summed E-state index contributed by atoms with van der Waals surface area (Å²) < 4.78 is 1.76. The van der Waals surface area contributed by atoms with E-state index >= 15 is 0 Å². The molecular formula is C16H17N3O2S3. The number of nitrogens with zero attached hydrogens (tertiary/aromatic N) is 2. The number of hydrogen-bond donors (Lipinski definition) is 1. The monoisotopic (exact) mass is 379 g/mol. The second-order valence-electron chi connectivity index (χ2n) is 5.41. The molecule has 3 rings (SSSR count). The molecule has 24 heavy (non-hydrogen) atoms. The molecule has 1 atom stereocenters. The minimum absolute atomic E-state index is 0.0186. The molecule has 0 bridgehead atoms. The third-order valence-corrected chi connectivity index (χ3v) is 7.03. The van der Waals surface area contributed by atoms with E-state index in [1.54, 1.807) is 23.9 Å². The SMILES string of the molecule is CCCSc1nnc(SCC(=O)c2ccc3c(c2)[C@@H](C)C(=O)N3)s1. The van der Waals surface area contributed by atoms with Gasteiger partial charge in [-0.3, -0.25) is 9.59 Å². The fourth-order valence-corrected chi connectivity index (χ4v) is 5.14. The summed E-state index contributed by atoms with van der Waals surface area (Å²) in [6.45, 7) is 3.98. The van der Waals surface area contributed by atoms with Crippen LogP contribution in [0.4, 0.5) is 5.69 Å². The lowest BCUT2D eigenvalue weighted by molar-refractivity contribution is -0.116. The van der Waals surface area contributed by atoms with E-state index in [0.717, 1.165) is 32.1 Å². The van der Waals surface area contributed by atoms with Crippen LogP contribution in [-0.2, 0) is 4.79 Å². The van der Waals surface area contributed by atoms with Crippen LogP contribution >= 0.6 is 34.9 Å². The summed E-state index contributed by atoms with van der Waals surface area (Å²) in [4.78, 5) is 24.1. The van der Waals surface area contributed by atoms with Crippen molar-refractivity contribution < 1.29 is 9.59 Å². The minimum Gasteiger partial charge on any atom is -0.325 e. The van der Waals surface area contributed by atoms with E-state index in [0.29, 0.717) is 11.3 Å². The molecule has 0 saturated heterocycles. The second-order valence-corrected chi connectivity index (χ2v) is 8.95. The quantitative estimate of drug-likeness (QED) is 0.577. The molecule has 1 N–H and O–H groups in total. The van der Waals surface area contributed by atoms with Gasteiger partial charge in [-0.25, -0.2) is 0 Å². The van der Waals surface area contributed by atoms with Crippen LogP contribution in [0.5, 0.6) is 0 Å². The molecule has 1 aliphatic heterocycles. The van der Waals surface area contributed by atoms with Gasteiger partial charge in [-0.15, -0.1) is 10.2 Å². The highest BCUT2D eigenvalue weighted by molar-refractivity contribution is 8.03. The van der Waals surface area contributed by atoms with Gasteiger partial charge in [-0.2, -0.15) is 0 Å². The van der Waals surface area contributed by atoms with E-state index in [9.17, 15) is 9.59 Å². The third kappa shape index (κ3) is 3.81. The van der Waals surface area contributed by atoms with Crippen molar-refractivity contribution in [1.29, 1.82) is 0 Å². The predicted molar refractivity (Wildman–Crippen MR) is 99.5 cm³/mol. The zero-order chi connectivity index (χ0) is 17.1. The number of fused-ring (bicyclic) bond motifs is 1. The molecule has 0 spiro atoms. The summed E-state index contributed by atoms with van der Waals surface area (Å²) in [5.41, 5.74) is 2.33. The lowest BCUT2D eigenvalue weighted by Crippen LogP contribution is -2.08. The zero-order valence-electron chi connectivity index (χ0n) is 13.4. The summed E-state index contributed by atoms with van der Waals surface area (Å²) in [5.74, 6) is 1.16. The van der Waals surface area contributed by atoms with Gasteiger partial charge >= 0.3 is 0 Å². The van der Waals surface area contributed by atoms with Gasteiger partial charge in [0.1, 0.15) is 0 Å². The van der Waals surface area contributed by atoms with Crippen molar-refractivity contribution in [2.24, 2.45) is 0 Å². The number of hydrogen-bond acceptors (Lipinski definition) is 7. The van der Waals surface area contributed by atoms with Gasteiger partial charge in [-0.1, -0.05) is 41.8 Å². The lowest BCUT2D eigenvalue weighted by Gasteiger charge is -2.04. The van der Waals surface area contributed by atoms with E-state index in [-0.39, 0.29) is 17.6 Å². The van der Waals surface area contributed by atoms with Crippen molar-refractivity contribution in [2.75, 3.05) is 16.8 Å². The molecule has 0 aliphatic carbocycles. The molecule has 2 aromatic rings. The maximum Gasteiger partial charge on any atom is 0.231 e. The van der Waals surface area contributed by atoms with E-state index in [2.05, 4.69) is 22.4 Å². The Morgan fingerprint density at radius 2 is 2.04 bits per heavy atom. The van der Waals surface area contributed by atoms with Crippen LogP contribution in [0.2, 0.25) is 0 Å². The normalized spacial score (nSPS) is 16.1. The molecule has 2 heterocycles. The smallest absolute Gasteiger partial charge is 0.231 e. The summed E-state index contributed by atoms with van der Waals surface area (Å²) in [6, 6.07) is 5.39. The highest BCUT2D eigenvalue weighted by atomic mass is 32.2. The second kappa shape index (κ2) is 7.67. The Morgan fingerprint density at radius 1 is 1.29 bits per heavy atom. The molecule has 1 amide bonds. The number of ketones is 1. The number of rotatable bonds is 7. The van der Waals surface area contributed by atoms with Gasteiger partial charge in [0.25, 0.3) is 0 Å². The summed E-state index contributed by atoms with van der Waals surface area (Å²) in [5, 5.41) is 11.1. The zero-order valence-corrected chi connectivity index (χ0v) is 15.8. The Morgan fingerprint density at radius 3 is 2.79 bits per heavy atom. The van der Waals surface area contributed by atoms with E-state index in [4.69, 9.17) is 0 Å². The van der Waals surface area contributed by atoms with E-state index in [1.807, 2.05) is 13.0 Å². The number of thioether (sulfide) groups is 2. The average Bonchev–Trinajstić information content (AvgIpc) is 3.15. The standard InChI is InChI=1S/C16H17N3O2S3/c1-3-6-22-15-18-19-16(24-15)23-8-13(20)10-4-5-12-11(7-10)9(2)14(21)17-12/h4-5,7,9H,3,6,8H2,1-2H3,(H,17,21)/t9-/m1/s1. The number of carbonyl (C=O) groups is 2. The van der Waals surface area contributed by atoms with Crippen LogP contribution < -0.4 is 5.32 Å². The molecule has 1 aliphatic rings. The topological polar surface area (TPSA) is 72.0 Å². The number of amides is 1. The Bertz CT molecular complexity index is 776. The average molecular weight is 380 g/mol. The van der Waals surface area contributed by atoms with E-state index in [1.165, 1.54) is 23.1 Å².